The smallest absolute Gasteiger partial charge is 0.279 e. The van der Waals surface area contributed by atoms with Crippen LogP contribution in [0, 0.1) is 13.8 Å². The van der Waals surface area contributed by atoms with Crippen molar-refractivity contribution in [3.8, 4) is 0 Å². The van der Waals surface area contributed by atoms with Crippen LogP contribution in [-0.2, 0) is 4.79 Å². The zero-order valence-corrected chi connectivity index (χ0v) is 13.9. The summed E-state index contributed by atoms with van der Waals surface area (Å²) in [5.74, 6) is 0.00538. The summed E-state index contributed by atoms with van der Waals surface area (Å²) in [5, 5.41) is 5.69. The molecule has 4 heteroatoms. The molecule has 0 aromatic heterocycles. The molecule has 2 aromatic rings. The summed E-state index contributed by atoms with van der Waals surface area (Å²) in [6, 6.07) is 14.0. The molecule has 22 heavy (non-hydrogen) atoms. The van der Waals surface area contributed by atoms with Crippen molar-refractivity contribution in [2.75, 3.05) is 11.9 Å². The van der Waals surface area contributed by atoms with E-state index in [4.69, 9.17) is 11.6 Å². The van der Waals surface area contributed by atoms with E-state index >= 15 is 0 Å². The molecule has 2 rings (SSSR count). The van der Waals surface area contributed by atoms with Crippen molar-refractivity contribution in [1.29, 1.82) is 0 Å². The predicted octanol–water partition coefficient (Wildman–Crippen LogP) is 3.22. The van der Waals surface area contributed by atoms with Gasteiger partial charge in [-0.2, -0.15) is 0 Å². The van der Waals surface area contributed by atoms with Crippen molar-refractivity contribution in [1.82, 2.24) is 0 Å². The van der Waals surface area contributed by atoms with Gasteiger partial charge in [0.25, 0.3) is 5.91 Å². The second-order valence-corrected chi connectivity index (χ2v) is 6.14. The maximum absolute atomic E-state index is 12.1. The van der Waals surface area contributed by atoms with E-state index in [-0.39, 0.29) is 11.9 Å². The minimum absolute atomic E-state index is 0.00538. The van der Waals surface area contributed by atoms with E-state index in [0.29, 0.717) is 6.54 Å². The predicted molar refractivity (Wildman–Crippen MR) is 91.2 cm³/mol. The second kappa shape index (κ2) is 7.43. The lowest BCUT2D eigenvalue weighted by Crippen LogP contribution is -2.86. The molecule has 1 amide bonds. The lowest BCUT2D eigenvalue weighted by molar-refractivity contribution is -0.682. The Labute approximate surface area is 136 Å². The van der Waals surface area contributed by atoms with E-state index in [2.05, 4.69) is 18.3 Å². The average molecular weight is 318 g/mol. The van der Waals surface area contributed by atoms with Crippen LogP contribution in [0.25, 0.3) is 0 Å². The van der Waals surface area contributed by atoms with Gasteiger partial charge in [-0.15, -0.1) is 0 Å². The highest BCUT2D eigenvalue weighted by atomic mass is 35.5. The molecule has 0 aliphatic rings. The first-order chi connectivity index (χ1) is 10.4. The number of halogens is 1. The monoisotopic (exact) mass is 317 g/mol. The van der Waals surface area contributed by atoms with Crippen molar-refractivity contribution >= 4 is 23.2 Å². The highest BCUT2D eigenvalue weighted by molar-refractivity contribution is 6.30. The summed E-state index contributed by atoms with van der Waals surface area (Å²) < 4.78 is 0. The van der Waals surface area contributed by atoms with Crippen LogP contribution in [0.5, 0.6) is 0 Å². The first kappa shape index (κ1) is 16.5. The Morgan fingerprint density at radius 2 is 1.73 bits per heavy atom. The summed E-state index contributed by atoms with van der Waals surface area (Å²) >= 11 is 5.89. The number of nitrogens with two attached hydrogens (primary N) is 1. The fourth-order valence-electron chi connectivity index (χ4n) is 2.45. The van der Waals surface area contributed by atoms with Crippen molar-refractivity contribution in [2.24, 2.45) is 0 Å². The van der Waals surface area contributed by atoms with Gasteiger partial charge in [-0.3, -0.25) is 4.79 Å². The molecule has 1 atom stereocenters. The molecule has 0 aliphatic heterocycles. The van der Waals surface area contributed by atoms with Gasteiger partial charge in [0.1, 0.15) is 6.04 Å². The zero-order valence-electron chi connectivity index (χ0n) is 13.2. The fraction of sp³-hybridized carbons (Fsp3) is 0.278. The maximum atomic E-state index is 12.1. The highest BCUT2D eigenvalue weighted by Crippen LogP contribution is 2.14. The number of quaternary nitrogens is 1. The highest BCUT2D eigenvalue weighted by Gasteiger charge is 2.11. The lowest BCUT2D eigenvalue weighted by atomic mass is 10.1. The van der Waals surface area contributed by atoms with Crippen LogP contribution in [0.3, 0.4) is 0 Å². The number of hydrogen-bond donors (Lipinski definition) is 2. The van der Waals surface area contributed by atoms with Gasteiger partial charge < -0.3 is 10.6 Å². The van der Waals surface area contributed by atoms with Gasteiger partial charge in [-0.05, 0) is 56.2 Å². The molecule has 0 radical (unpaired) electrons. The van der Waals surface area contributed by atoms with Crippen molar-refractivity contribution in [3.05, 3.63) is 64.2 Å². The van der Waals surface area contributed by atoms with Crippen LogP contribution in [0.4, 0.5) is 5.69 Å². The largest absolute Gasteiger partial charge is 0.333 e. The molecule has 0 fully saturated rings. The number of benzene rings is 2. The molecule has 2 aromatic carbocycles. The summed E-state index contributed by atoms with van der Waals surface area (Å²) in [6.07, 6.45) is 0. The van der Waals surface area contributed by atoms with Crippen molar-refractivity contribution in [3.63, 3.8) is 0 Å². The Balaban J connectivity index is 1.88. The molecule has 0 saturated heterocycles. The van der Waals surface area contributed by atoms with Gasteiger partial charge in [0.15, 0.2) is 6.54 Å². The van der Waals surface area contributed by atoms with E-state index in [0.717, 1.165) is 27.4 Å². The van der Waals surface area contributed by atoms with Crippen LogP contribution >= 0.6 is 11.6 Å². The SMILES string of the molecule is Cc1cc(C)cc(NC(=O)C[NH2+][C@@H](C)c2ccc(Cl)cc2)c1. The molecular formula is C18H22ClN2O+. The standard InChI is InChI=1S/C18H21ClN2O/c1-12-8-13(2)10-17(9-12)21-18(22)11-20-14(3)15-4-6-16(19)7-5-15/h4-10,14,20H,11H2,1-3H3,(H,21,22)/p+1/t14-/m0/s1. The molecule has 3 N–H and O–H groups in total. The van der Waals surface area contributed by atoms with E-state index in [1.54, 1.807) is 0 Å². The number of amides is 1. The van der Waals surface area contributed by atoms with Crippen LogP contribution in [0.15, 0.2) is 42.5 Å². The number of rotatable bonds is 5. The van der Waals surface area contributed by atoms with E-state index in [1.807, 2.05) is 55.6 Å². The van der Waals surface area contributed by atoms with Crippen LogP contribution in [0.1, 0.15) is 29.7 Å². The first-order valence-corrected chi connectivity index (χ1v) is 7.79. The summed E-state index contributed by atoms with van der Waals surface area (Å²) in [6.45, 7) is 6.51. The number of nitrogens with one attached hydrogen (secondary N) is 1. The number of aryl methyl sites for hydroxylation is 2. The van der Waals surface area contributed by atoms with Gasteiger partial charge in [0, 0.05) is 16.3 Å². The van der Waals surface area contributed by atoms with Crippen LogP contribution in [-0.4, -0.2) is 12.5 Å². The summed E-state index contributed by atoms with van der Waals surface area (Å²) in [4.78, 5) is 12.1. The van der Waals surface area contributed by atoms with E-state index in [9.17, 15) is 4.79 Å². The van der Waals surface area contributed by atoms with E-state index < -0.39 is 0 Å². The van der Waals surface area contributed by atoms with E-state index in [1.165, 1.54) is 0 Å². The third-order valence-electron chi connectivity index (χ3n) is 3.56. The molecule has 0 heterocycles. The van der Waals surface area contributed by atoms with Crippen LogP contribution < -0.4 is 10.6 Å². The molecule has 0 spiro atoms. The minimum atomic E-state index is 0.00538. The van der Waals surface area contributed by atoms with Gasteiger partial charge in [0.05, 0.1) is 0 Å². The molecule has 0 unspecified atom stereocenters. The van der Waals surface area contributed by atoms with Crippen molar-refractivity contribution in [2.45, 2.75) is 26.8 Å². The van der Waals surface area contributed by atoms with Crippen molar-refractivity contribution < 1.29 is 10.1 Å². The average Bonchev–Trinajstić information content (AvgIpc) is 2.44. The summed E-state index contributed by atoms with van der Waals surface area (Å²) in [5.41, 5.74) is 4.31. The Kier molecular flexibility index (Phi) is 5.58. The topological polar surface area (TPSA) is 45.7 Å². The minimum Gasteiger partial charge on any atom is -0.333 e. The van der Waals surface area contributed by atoms with Gasteiger partial charge >= 0.3 is 0 Å². The molecule has 3 nitrogen and oxygen atoms in total. The molecule has 116 valence electrons. The Morgan fingerprint density at radius 3 is 2.32 bits per heavy atom. The Morgan fingerprint density at radius 1 is 1.14 bits per heavy atom. The third kappa shape index (κ3) is 4.86. The number of hydrogen-bond acceptors (Lipinski definition) is 1. The molecular weight excluding hydrogens is 296 g/mol. The molecule has 0 saturated carbocycles. The lowest BCUT2D eigenvalue weighted by Gasteiger charge is -2.12. The van der Waals surface area contributed by atoms with Gasteiger partial charge in [-0.1, -0.05) is 29.8 Å². The Hall–Kier alpha value is -1.84. The summed E-state index contributed by atoms with van der Waals surface area (Å²) in [7, 11) is 0. The molecule has 0 aliphatic carbocycles. The second-order valence-electron chi connectivity index (χ2n) is 5.70. The third-order valence-corrected chi connectivity index (χ3v) is 3.81. The number of carbonyl (C=O) groups excluding carboxylic acids is 1. The van der Waals surface area contributed by atoms with Gasteiger partial charge in [-0.25, -0.2) is 0 Å². The van der Waals surface area contributed by atoms with Crippen LogP contribution in [0.2, 0.25) is 5.02 Å². The quantitative estimate of drug-likeness (QED) is 0.874. The van der Waals surface area contributed by atoms with Gasteiger partial charge in [0.2, 0.25) is 0 Å². The first-order valence-electron chi connectivity index (χ1n) is 7.41. The number of anilines is 1. The normalized spacial score (nSPS) is 12.0. The number of carbonyl (C=O) groups is 1. The molecule has 0 bridgehead atoms. The fourth-order valence-corrected chi connectivity index (χ4v) is 2.57. The zero-order chi connectivity index (χ0) is 16.1. The maximum Gasteiger partial charge on any atom is 0.279 e. The Bertz CT molecular complexity index is 632.